The van der Waals surface area contributed by atoms with E-state index >= 15 is 0 Å². The normalized spacial score (nSPS) is 12.1. The van der Waals surface area contributed by atoms with Gasteiger partial charge in [0.05, 0.1) is 9.79 Å². The van der Waals surface area contributed by atoms with Gasteiger partial charge in [-0.05, 0) is 34.1 Å². The number of nitrogens with zero attached hydrogens (tertiary/aromatic N) is 4. The SMILES string of the molecule is NS(=O)(=O)c1ccc2c(c1)no[n+]2[O-].NS(=O)(=O)c1ccc2no[n+]([O-])c2c1. The van der Waals surface area contributed by atoms with E-state index in [2.05, 4.69) is 19.6 Å². The second kappa shape index (κ2) is 6.68. The first-order valence-corrected chi connectivity index (χ1v) is 10.1. The maximum Gasteiger partial charge on any atom is 0.249 e. The fourth-order valence-electron chi connectivity index (χ4n) is 2.06. The van der Waals surface area contributed by atoms with Crippen LogP contribution in [0.3, 0.4) is 0 Å². The van der Waals surface area contributed by atoms with E-state index in [4.69, 9.17) is 10.3 Å². The summed E-state index contributed by atoms with van der Waals surface area (Å²) >= 11 is 0. The maximum atomic E-state index is 10.9. The second-order valence-corrected chi connectivity index (χ2v) is 8.37. The molecule has 14 nitrogen and oxygen atoms in total. The molecule has 0 saturated heterocycles. The van der Waals surface area contributed by atoms with Crippen LogP contribution in [0.25, 0.3) is 22.1 Å². The molecule has 4 N–H and O–H groups in total. The molecule has 4 rings (SSSR count). The molecule has 2 aromatic heterocycles. The quantitative estimate of drug-likeness (QED) is 0.339. The second-order valence-electron chi connectivity index (χ2n) is 5.25. The minimum Gasteiger partial charge on any atom is -0.359 e. The van der Waals surface area contributed by atoms with Crippen LogP contribution in [-0.4, -0.2) is 27.1 Å². The molecular weight excluding hydrogens is 420 g/mol. The number of fused-ring (bicyclic) bond motifs is 2. The molecule has 0 fully saturated rings. The summed E-state index contributed by atoms with van der Waals surface area (Å²) < 4.78 is 52.2. The van der Waals surface area contributed by atoms with Crippen LogP contribution in [0.15, 0.2) is 55.4 Å². The molecule has 0 saturated carbocycles. The van der Waals surface area contributed by atoms with Crippen molar-refractivity contribution in [2.45, 2.75) is 9.79 Å². The van der Waals surface area contributed by atoms with Crippen molar-refractivity contribution in [2.24, 2.45) is 10.3 Å². The molecule has 2 heterocycles. The summed E-state index contributed by atoms with van der Waals surface area (Å²) in [5, 5.41) is 38.2. The molecule has 0 aliphatic carbocycles. The molecule has 0 aliphatic heterocycles. The van der Waals surface area contributed by atoms with Crippen molar-refractivity contribution in [3.63, 3.8) is 0 Å². The lowest BCUT2D eigenvalue weighted by Gasteiger charge is -1.94. The molecule has 2 aromatic carbocycles. The highest BCUT2D eigenvalue weighted by molar-refractivity contribution is 7.89. The Morgan fingerprint density at radius 2 is 1.25 bits per heavy atom. The largest absolute Gasteiger partial charge is 0.359 e. The summed E-state index contributed by atoms with van der Waals surface area (Å²) in [4.78, 5) is 0.0309. The van der Waals surface area contributed by atoms with Crippen molar-refractivity contribution in [3.8, 4) is 0 Å². The van der Waals surface area contributed by atoms with Crippen LogP contribution in [0.2, 0.25) is 0 Å². The average Bonchev–Trinajstić information content (AvgIpc) is 3.17. The number of aromatic nitrogens is 4. The fourth-order valence-corrected chi connectivity index (χ4v) is 3.13. The van der Waals surface area contributed by atoms with Gasteiger partial charge in [-0.1, -0.05) is 0 Å². The Balaban J connectivity index is 0.000000161. The van der Waals surface area contributed by atoms with Gasteiger partial charge in [0.15, 0.2) is 0 Å². The zero-order valence-electron chi connectivity index (χ0n) is 13.5. The number of rotatable bonds is 2. The van der Waals surface area contributed by atoms with Crippen LogP contribution >= 0.6 is 0 Å². The fraction of sp³-hybridized carbons (Fsp3) is 0. The van der Waals surface area contributed by atoms with Gasteiger partial charge >= 0.3 is 0 Å². The predicted octanol–water partition coefficient (Wildman–Crippen LogP) is -1.78. The molecule has 4 aromatic rings. The number of sulfonamides is 2. The van der Waals surface area contributed by atoms with Crippen molar-refractivity contribution in [1.29, 1.82) is 0 Å². The molecule has 0 amide bonds. The zero-order chi connectivity index (χ0) is 20.7. The third-order valence-corrected chi connectivity index (χ3v) is 5.19. The van der Waals surface area contributed by atoms with Gasteiger partial charge in [-0.2, -0.15) is 0 Å². The van der Waals surface area contributed by atoms with Crippen molar-refractivity contribution in [2.75, 3.05) is 0 Å². The summed E-state index contributed by atoms with van der Waals surface area (Å²) in [5.74, 6) is 0. The molecule has 0 atom stereocenters. The first kappa shape index (κ1) is 19.4. The molecule has 16 heteroatoms. The molecular formula is C12H10N6O8S2. The minimum absolute atomic E-state index is 0.0246. The third-order valence-electron chi connectivity index (χ3n) is 3.37. The summed E-state index contributed by atoms with van der Waals surface area (Å²) in [6, 6.07) is 7.35. The number of nitrogens with two attached hydrogens (primary N) is 2. The lowest BCUT2D eigenvalue weighted by atomic mass is 10.3. The van der Waals surface area contributed by atoms with E-state index in [0.29, 0.717) is 0 Å². The Labute approximate surface area is 155 Å². The zero-order valence-corrected chi connectivity index (χ0v) is 15.1. The van der Waals surface area contributed by atoms with Crippen molar-refractivity contribution in [1.82, 2.24) is 10.3 Å². The van der Waals surface area contributed by atoms with E-state index in [1.54, 1.807) is 0 Å². The van der Waals surface area contributed by atoms with Crippen LogP contribution in [0.1, 0.15) is 0 Å². The number of hydrogen-bond acceptors (Lipinski definition) is 10. The Morgan fingerprint density at radius 3 is 1.86 bits per heavy atom. The van der Waals surface area contributed by atoms with Gasteiger partial charge in [0, 0.05) is 22.4 Å². The molecule has 0 aliphatic rings. The summed E-state index contributed by atoms with van der Waals surface area (Å²) in [6.07, 6.45) is 0. The molecule has 0 bridgehead atoms. The Kier molecular flexibility index (Phi) is 4.63. The van der Waals surface area contributed by atoms with Crippen molar-refractivity contribution in [3.05, 3.63) is 46.8 Å². The maximum absolute atomic E-state index is 10.9. The highest BCUT2D eigenvalue weighted by atomic mass is 32.2. The number of primary sulfonamides is 2. The van der Waals surface area contributed by atoms with E-state index in [1.807, 2.05) is 0 Å². The average molecular weight is 430 g/mol. The van der Waals surface area contributed by atoms with Crippen molar-refractivity contribution < 1.29 is 35.9 Å². The first-order valence-electron chi connectivity index (χ1n) is 7.01. The minimum atomic E-state index is -3.81. The van der Waals surface area contributed by atoms with Gasteiger partial charge in [-0.15, -0.1) is 0 Å². The van der Waals surface area contributed by atoms with E-state index in [0.717, 1.165) is 6.07 Å². The first-order chi connectivity index (χ1) is 13.0. The van der Waals surface area contributed by atoms with Crippen LogP contribution < -0.4 is 20.1 Å². The highest BCUT2D eigenvalue weighted by Gasteiger charge is 2.15. The van der Waals surface area contributed by atoms with Gasteiger partial charge in [0.2, 0.25) is 42.1 Å². The Morgan fingerprint density at radius 1 is 0.750 bits per heavy atom. The standard InChI is InChI=1S/2C6H5N3O4S/c7-14(11,12)4-1-2-6-5(3-4)8-13-9(6)10;7-14(11,12)4-1-2-5-6(3-4)9(10)13-8-5/h2*1-3H,(H2,7,11,12). The van der Waals surface area contributed by atoms with E-state index in [-0.39, 0.29) is 41.7 Å². The van der Waals surface area contributed by atoms with Crippen LogP contribution in [0.4, 0.5) is 0 Å². The monoisotopic (exact) mass is 430 g/mol. The van der Waals surface area contributed by atoms with Crippen LogP contribution in [0, 0.1) is 10.4 Å². The van der Waals surface area contributed by atoms with Gasteiger partial charge < -0.3 is 10.4 Å². The van der Waals surface area contributed by atoms with Gasteiger partial charge in [0.1, 0.15) is 0 Å². The number of benzene rings is 2. The van der Waals surface area contributed by atoms with Crippen molar-refractivity contribution >= 4 is 42.1 Å². The predicted molar refractivity (Wildman–Crippen MR) is 88.7 cm³/mol. The lowest BCUT2D eigenvalue weighted by molar-refractivity contribution is -0.782. The summed E-state index contributed by atoms with van der Waals surface area (Å²) in [6.45, 7) is 0. The lowest BCUT2D eigenvalue weighted by Crippen LogP contribution is -2.23. The van der Waals surface area contributed by atoms with Crippen LogP contribution in [-0.2, 0) is 20.0 Å². The number of hydrogen-bond donors (Lipinski definition) is 2. The van der Waals surface area contributed by atoms with E-state index < -0.39 is 20.0 Å². The summed E-state index contributed by atoms with van der Waals surface area (Å²) in [7, 11) is -7.59. The smallest absolute Gasteiger partial charge is 0.249 e. The molecule has 0 radical (unpaired) electrons. The molecule has 28 heavy (non-hydrogen) atoms. The van der Waals surface area contributed by atoms with Gasteiger partial charge in [-0.3, -0.25) is 9.26 Å². The van der Waals surface area contributed by atoms with E-state index in [9.17, 15) is 27.3 Å². The van der Waals surface area contributed by atoms with Gasteiger partial charge in [-0.25, -0.2) is 27.1 Å². The Bertz CT molecular complexity index is 1390. The molecule has 148 valence electrons. The third kappa shape index (κ3) is 3.83. The van der Waals surface area contributed by atoms with E-state index in [1.165, 1.54) is 30.3 Å². The molecule has 0 spiro atoms. The highest BCUT2D eigenvalue weighted by Crippen LogP contribution is 2.14. The topological polar surface area (TPSA) is 226 Å². The summed E-state index contributed by atoms with van der Waals surface area (Å²) in [5.41, 5.74) is 0.591. The Hall–Kier alpha value is -3.34. The van der Waals surface area contributed by atoms with Gasteiger partial charge in [0.25, 0.3) is 0 Å². The van der Waals surface area contributed by atoms with Crippen LogP contribution in [0.5, 0.6) is 0 Å². The molecule has 0 unspecified atom stereocenters.